The van der Waals surface area contributed by atoms with Gasteiger partial charge in [-0.3, -0.25) is 0 Å². The van der Waals surface area contributed by atoms with E-state index in [0.29, 0.717) is 31.3 Å². The van der Waals surface area contributed by atoms with Gasteiger partial charge in [0.2, 0.25) is 0 Å². The molecule has 178 valence electrons. The molecule has 0 aromatic carbocycles. The van der Waals surface area contributed by atoms with Gasteiger partial charge in [-0.15, -0.1) is 0 Å². The molecule has 0 aromatic rings. The number of hydrogen-bond acceptors (Lipinski definition) is 6. The Balaban J connectivity index is 1.49. The van der Waals surface area contributed by atoms with Crippen LogP contribution in [0.4, 0.5) is 0 Å². The molecule has 4 fully saturated rings. The largest absolute Gasteiger partial charge is 0.396 e. The van der Waals surface area contributed by atoms with Gasteiger partial charge in [-0.1, -0.05) is 19.0 Å². The Hall–Kier alpha value is -0.690. The predicted molar refractivity (Wildman–Crippen MR) is 122 cm³/mol. The van der Waals surface area contributed by atoms with E-state index in [1.807, 2.05) is 14.1 Å². The lowest BCUT2D eigenvalue weighted by Crippen LogP contribution is -2.65. The number of nitrogens with zero attached hydrogens (tertiary/aromatic N) is 2. The molecule has 4 rings (SSSR count). The van der Waals surface area contributed by atoms with Crippen molar-refractivity contribution in [3.05, 3.63) is 0 Å². The summed E-state index contributed by atoms with van der Waals surface area (Å²) in [4.78, 5) is 7.56. The van der Waals surface area contributed by atoms with Crippen molar-refractivity contribution in [3.8, 4) is 0 Å². The first-order valence-electron chi connectivity index (χ1n) is 12.5. The lowest BCUT2D eigenvalue weighted by Gasteiger charge is -2.64. The fraction of sp³-hybridized carbons (Fsp3) is 0.960. The SMILES string of the molecule is CN(C)CCCO/N=C/C1(O)CC[C@@]2(O)[C@@H]3CCC4CC(O)CC[C@]4(C)[C@@H]3CC[C@]12C. The van der Waals surface area contributed by atoms with E-state index >= 15 is 0 Å². The molecular formula is C25H44N2O4. The molecule has 4 aliphatic rings. The normalized spacial score (nSPS) is 49.7. The molecular weight excluding hydrogens is 392 g/mol. The standard InChI is InChI=1S/C25H44N2O4/c1-22-10-8-19(28)16-18(22)6-7-21-20(22)9-11-23(2)24(29,12-13-25(21,23)30)17-26-31-15-5-14-27(3)4/h17-21,28-30H,5-16H2,1-4H3/b26-17+/t18?,19?,20-,21-,22+,23-,24?,25-/m1/s1. The Morgan fingerprint density at radius 3 is 2.52 bits per heavy atom. The number of aliphatic hydroxyl groups excluding tert-OH is 1. The van der Waals surface area contributed by atoms with Crippen LogP contribution in [-0.2, 0) is 4.84 Å². The zero-order chi connectivity index (χ0) is 22.5. The molecule has 0 aromatic heterocycles. The Morgan fingerprint density at radius 2 is 1.77 bits per heavy atom. The monoisotopic (exact) mass is 436 g/mol. The third-order valence-electron chi connectivity index (χ3n) is 10.2. The summed E-state index contributed by atoms with van der Waals surface area (Å²) in [5.41, 5.74) is -2.40. The first-order valence-corrected chi connectivity index (χ1v) is 12.5. The van der Waals surface area contributed by atoms with E-state index < -0.39 is 16.6 Å². The zero-order valence-electron chi connectivity index (χ0n) is 20.0. The summed E-state index contributed by atoms with van der Waals surface area (Å²) in [5, 5.41) is 38.2. The van der Waals surface area contributed by atoms with Crippen LogP contribution in [0, 0.1) is 28.6 Å². The van der Waals surface area contributed by atoms with Gasteiger partial charge in [-0.2, -0.15) is 0 Å². The fourth-order valence-electron chi connectivity index (χ4n) is 8.09. The van der Waals surface area contributed by atoms with Crippen LogP contribution in [0.15, 0.2) is 5.16 Å². The van der Waals surface area contributed by atoms with Crippen molar-refractivity contribution >= 4 is 6.21 Å². The summed E-state index contributed by atoms with van der Waals surface area (Å²) in [7, 11) is 4.07. The molecule has 3 N–H and O–H groups in total. The maximum absolute atomic E-state index is 12.1. The molecule has 8 atom stereocenters. The van der Waals surface area contributed by atoms with Crippen molar-refractivity contribution in [1.29, 1.82) is 0 Å². The minimum Gasteiger partial charge on any atom is -0.396 e. The third kappa shape index (κ3) is 3.66. The van der Waals surface area contributed by atoms with Crippen molar-refractivity contribution in [2.45, 2.75) is 95.4 Å². The number of oxime groups is 1. The lowest BCUT2D eigenvalue weighted by molar-refractivity contribution is -0.224. The lowest BCUT2D eigenvalue weighted by atomic mass is 9.43. The molecule has 4 aliphatic carbocycles. The molecule has 0 spiro atoms. The van der Waals surface area contributed by atoms with Gasteiger partial charge in [-0.05, 0) is 101 Å². The second-order valence-electron chi connectivity index (χ2n) is 11.9. The van der Waals surface area contributed by atoms with Gasteiger partial charge in [0, 0.05) is 12.0 Å². The first-order chi connectivity index (χ1) is 14.6. The summed E-state index contributed by atoms with van der Waals surface area (Å²) in [6, 6.07) is 0. The molecule has 0 saturated heterocycles. The summed E-state index contributed by atoms with van der Waals surface area (Å²) in [5.74, 6) is 1.24. The second kappa shape index (κ2) is 8.27. The topological polar surface area (TPSA) is 85.5 Å². The number of rotatable bonds is 6. The van der Waals surface area contributed by atoms with Crippen LogP contribution < -0.4 is 0 Å². The van der Waals surface area contributed by atoms with Crippen LogP contribution >= 0.6 is 0 Å². The van der Waals surface area contributed by atoms with Crippen LogP contribution in [-0.4, -0.2) is 71.0 Å². The van der Waals surface area contributed by atoms with E-state index in [1.165, 1.54) is 0 Å². The maximum Gasteiger partial charge on any atom is 0.118 e. The van der Waals surface area contributed by atoms with Gasteiger partial charge in [0.1, 0.15) is 12.2 Å². The van der Waals surface area contributed by atoms with Crippen LogP contribution in [0.3, 0.4) is 0 Å². The van der Waals surface area contributed by atoms with Crippen LogP contribution in [0.5, 0.6) is 0 Å². The molecule has 31 heavy (non-hydrogen) atoms. The molecule has 0 bridgehead atoms. The van der Waals surface area contributed by atoms with Crippen molar-refractivity contribution in [2.24, 2.45) is 33.7 Å². The number of aliphatic hydroxyl groups is 3. The van der Waals surface area contributed by atoms with Gasteiger partial charge >= 0.3 is 0 Å². The average molecular weight is 437 g/mol. The molecule has 0 heterocycles. The van der Waals surface area contributed by atoms with Crippen LogP contribution in [0.2, 0.25) is 0 Å². The zero-order valence-corrected chi connectivity index (χ0v) is 20.0. The van der Waals surface area contributed by atoms with Gasteiger partial charge < -0.3 is 25.1 Å². The summed E-state index contributed by atoms with van der Waals surface area (Å²) in [6.07, 6.45) is 10.2. The highest BCUT2D eigenvalue weighted by Crippen LogP contribution is 2.69. The molecule has 3 unspecified atom stereocenters. The Morgan fingerprint density at radius 1 is 1.00 bits per heavy atom. The first kappa shape index (κ1) is 23.5. The minimum atomic E-state index is -1.13. The van der Waals surface area contributed by atoms with Crippen molar-refractivity contribution in [3.63, 3.8) is 0 Å². The van der Waals surface area contributed by atoms with Crippen molar-refractivity contribution in [1.82, 2.24) is 4.90 Å². The molecule has 0 amide bonds. The van der Waals surface area contributed by atoms with Gasteiger partial charge in [0.25, 0.3) is 0 Å². The fourth-order valence-corrected chi connectivity index (χ4v) is 8.09. The van der Waals surface area contributed by atoms with Crippen LogP contribution in [0.1, 0.15) is 78.1 Å². The predicted octanol–water partition coefficient (Wildman–Crippen LogP) is 3.19. The molecule has 0 aliphatic heterocycles. The molecule has 4 saturated carbocycles. The Kier molecular flexibility index (Phi) is 6.26. The molecule has 0 radical (unpaired) electrons. The van der Waals surface area contributed by atoms with Crippen molar-refractivity contribution < 1.29 is 20.2 Å². The number of hydrogen-bond donors (Lipinski definition) is 3. The van der Waals surface area contributed by atoms with E-state index in [4.69, 9.17) is 4.84 Å². The molecule has 6 nitrogen and oxygen atoms in total. The highest BCUT2D eigenvalue weighted by molar-refractivity contribution is 5.71. The van der Waals surface area contributed by atoms with E-state index in [0.717, 1.165) is 57.9 Å². The summed E-state index contributed by atoms with van der Waals surface area (Å²) >= 11 is 0. The van der Waals surface area contributed by atoms with Crippen molar-refractivity contribution in [2.75, 3.05) is 27.2 Å². The smallest absolute Gasteiger partial charge is 0.118 e. The van der Waals surface area contributed by atoms with Crippen LogP contribution in [0.25, 0.3) is 0 Å². The minimum absolute atomic E-state index is 0.155. The summed E-state index contributed by atoms with van der Waals surface area (Å²) < 4.78 is 0. The Bertz CT molecular complexity index is 686. The van der Waals surface area contributed by atoms with Gasteiger partial charge in [0.15, 0.2) is 0 Å². The Labute approximate surface area is 188 Å². The van der Waals surface area contributed by atoms with E-state index in [1.54, 1.807) is 6.21 Å². The molecule has 6 heteroatoms. The van der Waals surface area contributed by atoms with E-state index in [-0.39, 0.29) is 17.4 Å². The highest BCUT2D eigenvalue weighted by Gasteiger charge is 2.71. The quantitative estimate of drug-likeness (QED) is 0.338. The third-order valence-corrected chi connectivity index (χ3v) is 10.2. The second-order valence-corrected chi connectivity index (χ2v) is 11.9. The number of fused-ring (bicyclic) bond motifs is 5. The van der Waals surface area contributed by atoms with Gasteiger partial charge in [0.05, 0.1) is 17.9 Å². The van der Waals surface area contributed by atoms with Gasteiger partial charge in [-0.25, -0.2) is 0 Å². The maximum atomic E-state index is 12.1. The average Bonchev–Trinajstić information content (AvgIpc) is 2.92. The highest BCUT2D eigenvalue weighted by atomic mass is 16.6. The summed E-state index contributed by atoms with van der Waals surface area (Å²) in [6.45, 7) is 5.96. The van der Waals surface area contributed by atoms with E-state index in [2.05, 4.69) is 23.9 Å². The van der Waals surface area contributed by atoms with E-state index in [9.17, 15) is 15.3 Å².